The van der Waals surface area contributed by atoms with Crippen molar-refractivity contribution < 1.29 is 18.0 Å². The minimum atomic E-state index is -3.41. The monoisotopic (exact) mass is 458 g/mol. The molecule has 9 heteroatoms. The zero-order valence-electron chi connectivity index (χ0n) is 18.7. The number of sulfonamides is 1. The summed E-state index contributed by atoms with van der Waals surface area (Å²) in [5.41, 5.74) is 4.14. The second-order valence-electron chi connectivity index (χ2n) is 8.16. The van der Waals surface area contributed by atoms with Gasteiger partial charge in [0, 0.05) is 38.6 Å². The normalized spacial score (nSPS) is 13.3. The van der Waals surface area contributed by atoms with Crippen LogP contribution in [0, 0.1) is 0 Å². The van der Waals surface area contributed by atoms with Crippen molar-refractivity contribution in [2.75, 3.05) is 48.0 Å². The molecule has 8 nitrogen and oxygen atoms in total. The number of carbonyl (C=O) groups excluding carboxylic acids is 2. The molecule has 0 fully saturated rings. The van der Waals surface area contributed by atoms with Crippen molar-refractivity contribution in [3.8, 4) is 0 Å². The van der Waals surface area contributed by atoms with Crippen molar-refractivity contribution >= 4 is 38.9 Å². The van der Waals surface area contributed by atoms with Gasteiger partial charge in [-0.1, -0.05) is 18.2 Å². The van der Waals surface area contributed by atoms with E-state index >= 15 is 0 Å². The number of hydrogen-bond acceptors (Lipinski definition) is 5. The Bertz CT molecular complexity index is 1080. The highest BCUT2D eigenvalue weighted by atomic mass is 32.2. The van der Waals surface area contributed by atoms with Gasteiger partial charge in [0.05, 0.1) is 11.9 Å². The third-order valence-electron chi connectivity index (χ3n) is 5.41. The summed E-state index contributed by atoms with van der Waals surface area (Å²) in [7, 11) is 0.569. The zero-order valence-corrected chi connectivity index (χ0v) is 19.5. The molecule has 0 aliphatic carbocycles. The number of anilines is 3. The SMILES string of the molecule is CN(C)c1ccc(CCCNC(=O)C(=O)Nc2ccc3c(c2)N(S(C)(=O)=O)CCC3)cc1. The van der Waals surface area contributed by atoms with E-state index in [4.69, 9.17) is 0 Å². The van der Waals surface area contributed by atoms with Crippen LogP contribution in [-0.2, 0) is 32.5 Å². The molecule has 0 saturated carbocycles. The van der Waals surface area contributed by atoms with Gasteiger partial charge in [-0.25, -0.2) is 8.42 Å². The molecule has 1 heterocycles. The Kier molecular flexibility index (Phi) is 7.40. The van der Waals surface area contributed by atoms with Crippen LogP contribution in [0.1, 0.15) is 24.0 Å². The summed E-state index contributed by atoms with van der Waals surface area (Å²) >= 11 is 0. The third-order valence-corrected chi connectivity index (χ3v) is 6.59. The molecule has 3 rings (SSSR count). The van der Waals surface area contributed by atoms with Gasteiger partial charge in [0.25, 0.3) is 0 Å². The Balaban J connectivity index is 1.51. The second kappa shape index (κ2) is 10.0. The first-order chi connectivity index (χ1) is 15.1. The van der Waals surface area contributed by atoms with Gasteiger partial charge in [-0.15, -0.1) is 0 Å². The first kappa shape index (κ1) is 23.6. The maximum atomic E-state index is 12.3. The maximum Gasteiger partial charge on any atom is 0.313 e. The molecule has 32 heavy (non-hydrogen) atoms. The molecular weight excluding hydrogens is 428 g/mol. The number of carbonyl (C=O) groups is 2. The van der Waals surface area contributed by atoms with E-state index in [0.29, 0.717) is 30.9 Å². The van der Waals surface area contributed by atoms with Crippen LogP contribution in [0.25, 0.3) is 0 Å². The highest BCUT2D eigenvalue weighted by Gasteiger charge is 2.24. The van der Waals surface area contributed by atoms with Crippen molar-refractivity contribution in [1.82, 2.24) is 5.32 Å². The molecule has 0 saturated heterocycles. The number of amides is 2. The third kappa shape index (κ3) is 6.00. The number of hydrogen-bond donors (Lipinski definition) is 2. The molecule has 2 N–H and O–H groups in total. The van der Waals surface area contributed by atoms with Crippen LogP contribution in [0.3, 0.4) is 0 Å². The van der Waals surface area contributed by atoms with E-state index in [1.54, 1.807) is 18.2 Å². The van der Waals surface area contributed by atoms with Crippen molar-refractivity contribution in [3.05, 3.63) is 53.6 Å². The zero-order chi connectivity index (χ0) is 23.3. The fourth-order valence-corrected chi connectivity index (χ4v) is 4.67. The van der Waals surface area contributed by atoms with Gasteiger partial charge in [-0.2, -0.15) is 0 Å². The van der Waals surface area contributed by atoms with E-state index in [1.807, 2.05) is 31.1 Å². The van der Waals surface area contributed by atoms with E-state index in [0.717, 1.165) is 36.8 Å². The Labute approximate surface area is 189 Å². The van der Waals surface area contributed by atoms with Crippen molar-refractivity contribution in [2.45, 2.75) is 25.7 Å². The maximum absolute atomic E-state index is 12.3. The smallest absolute Gasteiger partial charge is 0.313 e. The van der Waals surface area contributed by atoms with Crippen LogP contribution in [0.2, 0.25) is 0 Å². The number of nitrogens with zero attached hydrogens (tertiary/aromatic N) is 2. The summed E-state index contributed by atoms with van der Waals surface area (Å²) < 4.78 is 25.5. The summed E-state index contributed by atoms with van der Waals surface area (Å²) in [6.07, 6.45) is 4.18. The summed E-state index contributed by atoms with van der Waals surface area (Å²) in [6, 6.07) is 13.3. The van der Waals surface area contributed by atoms with Gasteiger partial charge in [0.15, 0.2) is 0 Å². The van der Waals surface area contributed by atoms with Gasteiger partial charge >= 0.3 is 11.8 Å². The van der Waals surface area contributed by atoms with Crippen LogP contribution in [0.4, 0.5) is 17.1 Å². The first-order valence-electron chi connectivity index (χ1n) is 10.6. The number of fused-ring (bicyclic) bond motifs is 1. The van der Waals surface area contributed by atoms with Crippen molar-refractivity contribution in [3.63, 3.8) is 0 Å². The molecule has 0 radical (unpaired) electrons. The van der Waals surface area contributed by atoms with Crippen LogP contribution in [0.15, 0.2) is 42.5 Å². The molecule has 2 aromatic rings. The fourth-order valence-electron chi connectivity index (χ4n) is 3.69. The van der Waals surface area contributed by atoms with Gasteiger partial charge in [0.1, 0.15) is 0 Å². The largest absolute Gasteiger partial charge is 0.378 e. The fraction of sp³-hybridized carbons (Fsp3) is 0.391. The molecule has 0 unspecified atom stereocenters. The average molecular weight is 459 g/mol. The minimum absolute atomic E-state index is 0.383. The van der Waals surface area contributed by atoms with Crippen LogP contribution in [0.5, 0.6) is 0 Å². The van der Waals surface area contributed by atoms with E-state index < -0.39 is 21.8 Å². The van der Waals surface area contributed by atoms with Gasteiger partial charge in [0.2, 0.25) is 10.0 Å². The Morgan fingerprint density at radius 2 is 1.78 bits per heavy atom. The van der Waals surface area contributed by atoms with Crippen LogP contribution < -0.4 is 19.8 Å². The van der Waals surface area contributed by atoms with Gasteiger partial charge in [-0.3, -0.25) is 13.9 Å². The quantitative estimate of drug-likeness (QED) is 0.489. The lowest BCUT2D eigenvalue weighted by atomic mass is 10.0. The van der Waals surface area contributed by atoms with E-state index in [2.05, 4.69) is 22.8 Å². The van der Waals surface area contributed by atoms with Gasteiger partial charge < -0.3 is 15.5 Å². The molecule has 0 aromatic heterocycles. The lowest BCUT2D eigenvalue weighted by Gasteiger charge is -2.29. The number of rotatable bonds is 7. The summed E-state index contributed by atoms with van der Waals surface area (Å²) in [5, 5.41) is 5.19. The van der Waals surface area contributed by atoms with Gasteiger partial charge in [-0.05, 0) is 61.1 Å². The van der Waals surface area contributed by atoms with E-state index in [-0.39, 0.29) is 0 Å². The standard InChI is InChI=1S/C23H30N4O4S/c1-26(2)20-12-8-17(9-13-20)6-4-14-24-22(28)23(29)25-19-11-10-18-7-5-15-27(21(18)16-19)32(3,30)31/h8-13,16H,4-7,14-15H2,1-3H3,(H,24,28)(H,25,29). The molecule has 1 aliphatic rings. The predicted octanol–water partition coefficient (Wildman–Crippen LogP) is 2.15. The molecular formula is C23H30N4O4S. The Morgan fingerprint density at radius 1 is 1.06 bits per heavy atom. The molecule has 2 amide bonds. The second-order valence-corrected chi connectivity index (χ2v) is 10.1. The van der Waals surface area contributed by atoms with E-state index in [9.17, 15) is 18.0 Å². The minimum Gasteiger partial charge on any atom is -0.378 e. The Hall–Kier alpha value is -3.07. The molecule has 1 aliphatic heterocycles. The van der Waals surface area contributed by atoms with Crippen molar-refractivity contribution in [2.24, 2.45) is 0 Å². The Morgan fingerprint density at radius 3 is 2.44 bits per heavy atom. The molecule has 0 bridgehead atoms. The van der Waals surface area contributed by atoms with Crippen molar-refractivity contribution in [1.29, 1.82) is 0 Å². The molecule has 0 spiro atoms. The topological polar surface area (TPSA) is 98.8 Å². The van der Waals surface area contributed by atoms with Crippen LogP contribution in [-0.4, -0.2) is 53.7 Å². The number of nitrogens with one attached hydrogen (secondary N) is 2. The lowest BCUT2D eigenvalue weighted by molar-refractivity contribution is -0.136. The summed E-state index contributed by atoms with van der Waals surface area (Å²) in [6.45, 7) is 0.787. The highest BCUT2D eigenvalue weighted by Crippen LogP contribution is 2.31. The molecule has 2 aromatic carbocycles. The van der Waals surface area contributed by atoms with E-state index in [1.165, 1.54) is 9.87 Å². The summed E-state index contributed by atoms with van der Waals surface area (Å²) in [4.78, 5) is 26.5. The molecule has 172 valence electrons. The predicted molar refractivity (Wildman–Crippen MR) is 128 cm³/mol. The average Bonchev–Trinajstić information content (AvgIpc) is 2.75. The van der Waals surface area contributed by atoms with Crippen LogP contribution >= 0.6 is 0 Å². The molecule has 0 atom stereocenters. The number of benzene rings is 2. The lowest BCUT2D eigenvalue weighted by Crippen LogP contribution is -2.36. The first-order valence-corrected chi connectivity index (χ1v) is 12.5. The highest BCUT2D eigenvalue weighted by molar-refractivity contribution is 7.92. The number of aryl methyl sites for hydroxylation is 2. The summed E-state index contributed by atoms with van der Waals surface area (Å²) in [5.74, 6) is -1.49.